The lowest BCUT2D eigenvalue weighted by atomic mass is 10.2. The number of nitrogens with zero attached hydrogens (tertiary/aromatic N) is 4. The first kappa shape index (κ1) is 17.1. The molecule has 3 N–H and O–H groups in total. The van der Waals surface area contributed by atoms with Crippen LogP contribution < -0.4 is 10.6 Å². The van der Waals surface area contributed by atoms with Gasteiger partial charge in [0.25, 0.3) is 5.91 Å². The van der Waals surface area contributed by atoms with Crippen LogP contribution in [0, 0.1) is 11.3 Å². The van der Waals surface area contributed by atoms with Crippen LogP contribution in [0.15, 0.2) is 54.7 Å². The van der Waals surface area contributed by atoms with Crippen molar-refractivity contribution in [2.24, 2.45) is 0 Å². The molecule has 3 rings (SSSR count). The highest BCUT2D eigenvalue weighted by Gasteiger charge is 2.07. The first-order chi connectivity index (χ1) is 12.7. The number of hydrogen-bond acceptors (Lipinski definition) is 6. The van der Waals surface area contributed by atoms with Crippen LogP contribution in [0.4, 0.5) is 11.4 Å². The number of aromatic nitrogens is 4. The molecule has 0 radical (unpaired) electrons. The lowest BCUT2D eigenvalue weighted by Gasteiger charge is -2.06. The molecule has 0 aliphatic heterocycles. The molecule has 8 nitrogen and oxygen atoms in total. The summed E-state index contributed by atoms with van der Waals surface area (Å²) in [5.41, 5.74) is 2.07. The van der Waals surface area contributed by atoms with Crippen molar-refractivity contribution in [2.45, 2.75) is 0 Å². The third kappa shape index (κ3) is 4.23. The van der Waals surface area contributed by atoms with Gasteiger partial charge in [0.2, 0.25) is 5.82 Å². The molecule has 3 aromatic rings. The van der Waals surface area contributed by atoms with E-state index in [1.54, 1.807) is 48.5 Å². The smallest absolute Gasteiger partial charge is 0.255 e. The van der Waals surface area contributed by atoms with E-state index >= 15 is 0 Å². The summed E-state index contributed by atoms with van der Waals surface area (Å²) in [6, 6.07) is 15.6. The minimum Gasteiger partial charge on any atom is -0.360 e. The van der Waals surface area contributed by atoms with Crippen molar-refractivity contribution in [1.82, 2.24) is 20.6 Å². The van der Waals surface area contributed by atoms with Crippen molar-refractivity contribution in [2.75, 3.05) is 10.6 Å². The number of halogens is 1. The molecule has 1 heterocycles. The molecule has 0 aliphatic rings. The summed E-state index contributed by atoms with van der Waals surface area (Å²) in [6.45, 7) is 0. The zero-order valence-corrected chi connectivity index (χ0v) is 14.0. The first-order valence-corrected chi connectivity index (χ1v) is 7.81. The standard InChI is InChI=1S/C17H12ClN7O/c18-13-3-7-15(8-4-13)21-17(26)11-1-5-14(6-2-11)20-10-12(9-19)16-22-24-25-23-16/h1-8,10,20H,(H,21,26)(H,22,23,24,25). The molecule has 1 aromatic heterocycles. The first-order valence-electron chi connectivity index (χ1n) is 7.43. The minimum absolute atomic E-state index is 0.193. The number of hydrogen-bond donors (Lipinski definition) is 3. The van der Waals surface area contributed by atoms with E-state index in [9.17, 15) is 4.79 Å². The molecule has 0 spiro atoms. The van der Waals surface area contributed by atoms with Gasteiger partial charge in [0.15, 0.2) is 0 Å². The average molecular weight is 366 g/mol. The molecule has 2 aromatic carbocycles. The topological polar surface area (TPSA) is 119 Å². The highest BCUT2D eigenvalue weighted by Crippen LogP contribution is 2.16. The second kappa shape index (κ2) is 7.92. The van der Waals surface area contributed by atoms with Gasteiger partial charge < -0.3 is 10.6 Å². The number of carbonyl (C=O) groups is 1. The summed E-state index contributed by atoms with van der Waals surface area (Å²) in [7, 11) is 0. The molecule has 0 saturated carbocycles. The molecule has 0 bridgehead atoms. The van der Waals surface area contributed by atoms with E-state index in [0.717, 1.165) is 0 Å². The van der Waals surface area contributed by atoms with Crippen LogP contribution in [-0.4, -0.2) is 26.5 Å². The lowest BCUT2D eigenvalue weighted by molar-refractivity contribution is 0.102. The summed E-state index contributed by atoms with van der Waals surface area (Å²) in [6.07, 6.45) is 1.47. The Labute approximate surface area is 153 Å². The van der Waals surface area contributed by atoms with Gasteiger partial charge in [0, 0.05) is 28.2 Å². The Morgan fingerprint density at radius 1 is 1.12 bits per heavy atom. The molecular formula is C17H12ClN7O. The Balaban J connectivity index is 1.65. The summed E-state index contributed by atoms with van der Waals surface area (Å²) < 4.78 is 0. The van der Waals surface area contributed by atoms with Crippen molar-refractivity contribution in [1.29, 1.82) is 5.26 Å². The quantitative estimate of drug-likeness (QED) is 0.598. The molecule has 128 valence electrons. The van der Waals surface area contributed by atoms with Crippen molar-refractivity contribution in [3.05, 3.63) is 71.1 Å². The lowest BCUT2D eigenvalue weighted by Crippen LogP contribution is -2.11. The third-order valence-corrected chi connectivity index (χ3v) is 3.59. The second-order valence-electron chi connectivity index (χ2n) is 5.09. The van der Waals surface area contributed by atoms with Crippen molar-refractivity contribution >= 4 is 34.5 Å². The monoisotopic (exact) mass is 365 g/mol. The molecule has 9 heteroatoms. The highest BCUT2D eigenvalue weighted by atomic mass is 35.5. The molecule has 0 atom stereocenters. The minimum atomic E-state index is -0.237. The average Bonchev–Trinajstić information content (AvgIpc) is 3.19. The molecule has 0 unspecified atom stereocenters. The molecular weight excluding hydrogens is 354 g/mol. The number of aromatic amines is 1. The van der Waals surface area contributed by atoms with Crippen LogP contribution in [0.3, 0.4) is 0 Å². The van der Waals surface area contributed by atoms with Gasteiger partial charge in [-0.15, -0.1) is 10.2 Å². The number of nitriles is 1. The Kier molecular flexibility index (Phi) is 5.22. The second-order valence-corrected chi connectivity index (χ2v) is 5.52. The fourth-order valence-electron chi connectivity index (χ4n) is 2.03. The zero-order chi connectivity index (χ0) is 18.4. The maximum atomic E-state index is 12.2. The molecule has 0 aliphatic carbocycles. The number of allylic oxidation sites excluding steroid dienone is 1. The maximum Gasteiger partial charge on any atom is 0.255 e. The van der Waals surface area contributed by atoms with Gasteiger partial charge in [0.05, 0.1) is 0 Å². The summed E-state index contributed by atoms with van der Waals surface area (Å²) in [4.78, 5) is 12.2. The van der Waals surface area contributed by atoms with E-state index in [4.69, 9.17) is 16.9 Å². The maximum absolute atomic E-state index is 12.2. The van der Waals surface area contributed by atoms with E-state index in [1.807, 2.05) is 6.07 Å². The SMILES string of the molecule is N#CC(=CNc1ccc(C(=O)Nc2ccc(Cl)cc2)cc1)c1nn[nH]n1. The molecule has 1 amide bonds. The Bertz CT molecular complexity index is 958. The van der Waals surface area contributed by atoms with E-state index in [-0.39, 0.29) is 17.3 Å². The number of tetrazole rings is 1. The third-order valence-electron chi connectivity index (χ3n) is 3.34. The van der Waals surface area contributed by atoms with Crippen LogP contribution in [0.1, 0.15) is 16.2 Å². The van der Waals surface area contributed by atoms with Gasteiger partial charge in [-0.3, -0.25) is 4.79 Å². The Morgan fingerprint density at radius 3 is 2.42 bits per heavy atom. The number of carbonyl (C=O) groups excluding carboxylic acids is 1. The predicted molar refractivity (Wildman–Crippen MR) is 97.2 cm³/mol. The van der Waals surface area contributed by atoms with Crippen LogP contribution in [-0.2, 0) is 0 Å². The van der Waals surface area contributed by atoms with Gasteiger partial charge in [-0.25, -0.2) is 0 Å². The van der Waals surface area contributed by atoms with Crippen LogP contribution in [0.5, 0.6) is 0 Å². The predicted octanol–water partition coefficient (Wildman–Crippen LogP) is 3.08. The van der Waals surface area contributed by atoms with E-state index in [0.29, 0.717) is 22.0 Å². The van der Waals surface area contributed by atoms with Gasteiger partial charge in [-0.05, 0) is 53.7 Å². The summed E-state index contributed by atoms with van der Waals surface area (Å²) >= 11 is 5.82. The van der Waals surface area contributed by atoms with Crippen LogP contribution in [0.25, 0.3) is 5.57 Å². The van der Waals surface area contributed by atoms with Crippen molar-refractivity contribution in [3.63, 3.8) is 0 Å². The van der Waals surface area contributed by atoms with Gasteiger partial charge in [0.1, 0.15) is 11.6 Å². The van der Waals surface area contributed by atoms with E-state index in [2.05, 4.69) is 31.3 Å². The number of anilines is 2. The van der Waals surface area contributed by atoms with Crippen molar-refractivity contribution < 1.29 is 4.79 Å². The number of benzene rings is 2. The Morgan fingerprint density at radius 2 is 1.81 bits per heavy atom. The van der Waals surface area contributed by atoms with Gasteiger partial charge >= 0.3 is 0 Å². The molecule has 0 fully saturated rings. The zero-order valence-electron chi connectivity index (χ0n) is 13.3. The fraction of sp³-hybridized carbons (Fsp3) is 0. The normalized spacial score (nSPS) is 10.8. The van der Waals surface area contributed by atoms with Crippen LogP contribution >= 0.6 is 11.6 Å². The summed E-state index contributed by atoms with van der Waals surface area (Å²) in [5, 5.41) is 28.6. The number of nitrogens with one attached hydrogen (secondary N) is 3. The van der Waals surface area contributed by atoms with E-state index < -0.39 is 0 Å². The molecule has 0 saturated heterocycles. The van der Waals surface area contributed by atoms with E-state index in [1.165, 1.54) is 6.20 Å². The highest BCUT2D eigenvalue weighted by molar-refractivity contribution is 6.30. The fourth-order valence-corrected chi connectivity index (χ4v) is 2.16. The Hall–Kier alpha value is -3.70. The van der Waals surface area contributed by atoms with Crippen LogP contribution in [0.2, 0.25) is 5.02 Å². The van der Waals surface area contributed by atoms with Crippen molar-refractivity contribution in [3.8, 4) is 6.07 Å². The number of rotatable bonds is 5. The number of H-pyrrole nitrogens is 1. The van der Waals surface area contributed by atoms with Gasteiger partial charge in [-0.1, -0.05) is 11.6 Å². The largest absolute Gasteiger partial charge is 0.360 e. The van der Waals surface area contributed by atoms with Gasteiger partial charge in [-0.2, -0.15) is 10.5 Å². The number of amides is 1. The summed E-state index contributed by atoms with van der Waals surface area (Å²) in [5.74, 6) is -0.0436. The molecule has 26 heavy (non-hydrogen) atoms.